The number of para-hydroxylation sites is 2. The highest BCUT2D eigenvalue weighted by atomic mass is 32.2. The Bertz CT molecular complexity index is 742. The number of anilines is 2. The van der Waals surface area contributed by atoms with Crippen LogP contribution in [0.25, 0.3) is 0 Å². The highest BCUT2D eigenvalue weighted by molar-refractivity contribution is 7.98. The Labute approximate surface area is 136 Å². The van der Waals surface area contributed by atoms with Crippen LogP contribution in [0.2, 0.25) is 0 Å². The molecular weight excluding hydrogens is 288 g/mol. The Morgan fingerprint density at radius 3 is 2.95 bits per heavy atom. The van der Waals surface area contributed by atoms with E-state index in [0.717, 1.165) is 5.75 Å². The Kier molecular flexibility index (Phi) is 2.83. The van der Waals surface area contributed by atoms with Gasteiger partial charge in [0.15, 0.2) is 0 Å². The number of hydrogen-bond acceptors (Lipinski definition) is 3. The molecule has 3 heterocycles. The summed E-state index contributed by atoms with van der Waals surface area (Å²) in [6.45, 7) is 2.39. The van der Waals surface area contributed by atoms with E-state index in [1.54, 1.807) is 5.56 Å². The first-order valence-corrected chi connectivity index (χ1v) is 9.13. The lowest BCUT2D eigenvalue weighted by molar-refractivity contribution is 0.236. The average Bonchev–Trinajstić information content (AvgIpc) is 2.77. The van der Waals surface area contributed by atoms with E-state index in [9.17, 15) is 0 Å². The third kappa shape index (κ3) is 1.73. The first kappa shape index (κ1) is 13.0. The molecule has 3 heteroatoms. The van der Waals surface area contributed by atoms with Gasteiger partial charge in [-0.15, -0.1) is 11.8 Å². The molecule has 0 spiro atoms. The van der Waals surface area contributed by atoms with Gasteiger partial charge in [0.25, 0.3) is 0 Å². The van der Waals surface area contributed by atoms with Crippen molar-refractivity contribution in [3.05, 3.63) is 53.6 Å². The second kappa shape index (κ2) is 4.77. The minimum Gasteiger partial charge on any atom is -0.336 e. The van der Waals surface area contributed by atoms with Crippen molar-refractivity contribution in [1.82, 2.24) is 4.90 Å². The number of rotatable bonds is 0. The van der Waals surface area contributed by atoms with Gasteiger partial charge in [-0.3, -0.25) is 0 Å². The zero-order valence-electron chi connectivity index (χ0n) is 12.8. The summed E-state index contributed by atoms with van der Waals surface area (Å²) in [5, 5.41) is 0. The number of fused-ring (bicyclic) bond motifs is 5. The van der Waals surface area contributed by atoms with E-state index >= 15 is 0 Å². The van der Waals surface area contributed by atoms with Gasteiger partial charge < -0.3 is 9.80 Å². The molecule has 0 aromatic heterocycles. The van der Waals surface area contributed by atoms with Gasteiger partial charge in [-0.2, -0.15) is 0 Å². The van der Waals surface area contributed by atoms with Crippen LogP contribution in [0.3, 0.4) is 0 Å². The number of benzene rings is 2. The van der Waals surface area contributed by atoms with Gasteiger partial charge in [0.05, 0.1) is 5.69 Å². The predicted molar refractivity (Wildman–Crippen MR) is 93.2 cm³/mol. The predicted octanol–water partition coefficient (Wildman–Crippen LogP) is 4.23. The second-order valence-electron chi connectivity index (χ2n) is 6.71. The van der Waals surface area contributed by atoms with Gasteiger partial charge in [0.1, 0.15) is 0 Å². The summed E-state index contributed by atoms with van der Waals surface area (Å²) in [4.78, 5) is 6.63. The summed E-state index contributed by atoms with van der Waals surface area (Å²) in [6, 6.07) is 16.6. The van der Waals surface area contributed by atoms with E-state index in [1.807, 2.05) is 11.8 Å². The summed E-state index contributed by atoms with van der Waals surface area (Å²) in [6.07, 6.45) is 1.26. The molecule has 0 amide bonds. The van der Waals surface area contributed by atoms with E-state index in [-0.39, 0.29) is 0 Å². The molecule has 0 bridgehead atoms. The van der Waals surface area contributed by atoms with Crippen LogP contribution >= 0.6 is 11.8 Å². The molecule has 22 heavy (non-hydrogen) atoms. The van der Waals surface area contributed by atoms with Crippen molar-refractivity contribution in [2.24, 2.45) is 0 Å². The number of piperidine rings is 1. The smallest absolute Gasteiger partial charge is 0.0588 e. The molecule has 5 rings (SSSR count). The summed E-state index contributed by atoms with van der Waals surface area (Å²) in [5.74, 6) is 1.74. The van der Waals surface area contributed by atoms with Crippen molar-refractivity contribution in [3.8, 4) is 0 Å². The van der Waals surface area contributed by atoms with Crippen LogP contribution in [0.4, 0.5) is 11.4 Å². The van der Waals surface area contributed by atoms with E-state index in [4.69, 9.17) is 0 Å². The van der Waals surface area contributed by atoms with E-state index in [0.29, 0.717) is 12.0 Å². The minimum atomic E-state index is 0.632. The third-order valence-electron chi connectivity index (χ3n) is 5.42. The van der Waals surface area contributed by atoms with Gasteiger partial charge >= 0.3 is 0 Å². The Morgan fingerprint density at radius 2 is 2.00 bits per heavy atom. The molecule has 0 radical (unpaired) electrons. The maximum atomic E-state index is 2.68. The van der Waals surface area contributed by atoms with Gasteiger partial charge in [-0.05, 0) is 43.3 Å². The lowest BCUT2D eigenvalue weighted by atomic mass is 9.89. The highest BCUT2D eigenvalue weighted by Gasteiger charge is 2.44. The van der Waals surface area contributed by atoms with E-state index in [1.165, 1.54) is 41.3 Å². The second-order valence-corrected chi connectivity index (χ2v) is 7.72. The Balaban J connectivity index is 1.75. The Hall–Kier alpha value is -1.45. The molecule has 2 nitrogen and oxygen atoms in total. The SMILES string of the molecule is CN1CC[C@@H]2[C@@H](C1)c1cccc3c1N2c1ccccc1CS3. The van der Waals surface area contributed by atoms with Gasteiger partial charge in [0, 0.05) is 34.8 Å². The normalized spacial score (nSPS) is 26.1. The molecule has 0 unspecified atom stereocenters. The van der Waals surface area contributed by atoms with Crippen molar-refractivity contribution in [2.45, 2.75) is 29.0 Å². The average molecular weight is 308 g/mol. The van der Waals surface area contributed by atoms with Crippen LogP contribution in [-0.2, 0) is 5.75 Å². The lowest BCUT2D eigenvalue weighted by Gasteiger charge is -2.37. The van der Waals surface area contributed by atoms with Crippen molar-refractivity contribution >= 4 is 23.1 Å². The summed E-state index contributed by atoms with van der Waals surface area (Å²) >= 11 is 2.00. The molecule has 112 valence electrons. The first-order chi connectivity index (χ1) is 10.8. The van der Waals surface area contributed by atoms with Gasteiger partial charge in [0.2, 0.25) is 0 Å². The molecule has 2 aromatic carbocycles. The minimum absolute atomic E-state index is 0.632. The Morgan fingerprint density at radius 1 is 1.09 bits per heavy atom. The largest absolute Gasteiger partial charge is 0.336 e. The van der Waals surface area contributed by atoms with Crippen molar-refractivity contribution < 1.29 is 0 Å². The van der Waals surface area contributed by atoms with Gasteiger partial charge in [-0.1, -0.05) is 30.3 Å². The molecule has 2 atom stereocenters. The molecular formula is C19H20N2S. The van der Waals surface area contributed by atoms with E-state index < -0.39 is 0 Å². The standard InChI is InChI=1S/C19H20N2S/c1-20-10-9-17-15(11-20)14-6-4-8-18-19(14)21(17)16-7-3-2-5-13(16)12-22-18/h2-8,15,17H,9-12H2,1H3/t15-,17+/m0/s1. The van der Waals surface area contributed by atoms with Crippen LogP contribution in [-0.4, -0.2) is 31.1 Å². The molecule has 0 N–H and O–H groups in total. The van der Waals surface area contributed by atoms with Crippen LogP contribution in [0, 0.1) is 0 Å². The molecule has 1 fully saturated rings. The number of thioether (sulfide) groups is 1. The molecule has 0 aliphatic carbocycles. The van der Waals surface area contributed by atoms with Crippen LogP contribution in [0.15, 0.2) is 47.4 Å². The number of likely N-dealkylation sites (tertiary alicyclic amines) is 1. The van der Waals surface area contributed by atoms with Crippen LogP contribution < -0.4 is 4.90 Å². The summed E-state index contributed by atoms with van der Waals surface area (Å²) < 4.78 is 0. The number of hydrogen-bond donors (Lipinski definition) is 0. The fourth-order valence-electron chi connectivity index (χ4n) is 4.42. The van der Waals surface area contributed by atoms with Crippen LogP contribution in [0.1, 0.15) is 23.5 Å². The molecule has 1 saturated heterocycles. The van der Waals surface area contributed by atoms with Gasteiger partial charge in [-0.25, -0.2) is 0 Å². The lowest BCUT2D eigenvalue weighted by Crippen LogP contribution is -2.43. The van der Waals surface area contributed by atoms with Crippen LogP contribution in [0.5, 0.6) is 0 Å². The first-order valence-electron chi connectivity index (χ1n) is 8.14. The maximum Gasteiger partial charge on any atom is 0.0588 e. The fraction of sp³-hybridized carbons (Fsp3) is 0.368. The maximum absolute atomic E-state index is 2.68. The fourth-order valence-corrected chi connectivity index (χ4v) is 5.50. The monoisotopic (exact) mass is 308 g/mol. The topological polar surface area (TPSA) is 6.48 Å². The quantitative estimate of drug-likeness (QED) is 0.719. The molecule has 0 saturated carbocycles. The van der Waals surface area contributed by atoms with Crippen molar-refractivity contribution in [3.63, 3.8) is 0 Å². The highest BCUT2D eigenvalue weighted by Crippen LogP contribution is 2.54. The molecule has 3 aliphatic rings. The third-order valence-corrected chi connectivity index (χ3v) is 6.51. The summed E-state index contributed by atoms with van der Waals surface area (Å²) in [7, 11) is 2.26. The number of likely N-dealkylation sites (N-methyl/N-ethyl adjacent to an activating group) is 1. The zero-order valence-corrected chi connectivity index (χ0v) is 13.6. The van der Waals surface area contributed by atoms with Crippen molar-refractivity contribution in [2.75, 3.05) is 25.0 Å². The summed E-state index contributed by atoms with van der Waals surface area (Å²) in [5.41, 5.74) is 5.99. The van der Waals surface area contributed by atoms with Crippen molar-refractivity contribution in [1.29, 1.82) is 0 Å². The number of nitrogens with zero attached hydrogens (tertiary/aromatic N) is 2. The molecule has 2 aromatic rings. The molecule has 3 aliphatic heterocycles. The zero-order chi connectivity index (χ0) is 14.7. The van der Waals surface area contributed by atoms with E-state index in [2.05, 4.69) is 59.3 Å².